The van der Waals surface area contributed by atoms with E-state index in [-0.39, 0.29) is 12.2 Å². The molecule has 0 heterocycles. The van der Waals surface area contributed by atoms with Gasteiger partial charge in [-0.1, -0.05) is 11.2 Å². The van der Waals surface area contributed by atoms with Crippen LogP contribution in [0, 0.1) is 0 Å². The molecule has 0 aromatic heterocycles. The van der Waals surface area contributed by atoms with E-state index in [0.717, 1.165) is 0 Å². The van der Waals surface area contributed by atoms with Crippen molar-refractivity contribution in [3.63, 3.8) is 0 Å². The summed E-state index contributed by atoms with van der Waals surface area (Å²) >= 11 is 0. The highest BCUT2D eigenvalue weighted by Crippen LogP contribution is 2.09. The predicted octanol–water partition coefficient (Wildman–Crippen LogP) is 1.63. The predicted molar refractivity (Wildman–Crippen MR) is 32.2 cm³/mol. The van der Waals surface area contributed by atoms with E-state index in [1.165, 1.54) is 12.2 Å². The third-order valence-corrected chi connectivity index (χ3v) is 1.04. The minimum absolute atomic E-state index is 0.104. The van der Waals surface area contributed by atoms with Crippen molar-refractivity contribution >= 4 is 5.71 Å². The summed E-state index contributed by atoms with van der Waals surface area (Å²) in [5.74, 6) is -0.273. The highest BCUT2D eigenvalue weighted by atomic mass is 19.1. The first kappa shape index (κ1) is 6.01. The Bertz CT molecular complexity index is 193. The van der Waals surface area contributed by atoms with Crippen LogP contribution in [0.5, 0.6) is 0 Å². The van der Waals surface area contributed by atoms with E-state index >= 15 is 0 Å². The molecule has 1 aliphatic rings. The van der Waals surface area contributed by atoms with Crippen LogP contribution in [-0.2, 0) is 0 Å². The smallest absolute Gasteiger partial charge is 0.106 e. The van der Waals surface area contributed by atoms with Gasteiger partial charge in [0.25, 0.3) is 0 Å². The van der Waals surface area contributed by atoms with Crippen LogP contribution in [0.15, 0.2) is 29.2 Å². The maximum absolute atomic E-state index is 12.2. The molecule has 0 aromatic carbocycles. The molecule has 0 radical (unpaired) electrons. The van der Waals surface area contributed by atoms with Crippen LogP contribution < -0.4 is 0 Å². The van der Waals surface area contributed by atoms with Crippen molar-refractivity contribution in [1.82, 2.24) is 0 Å². The number of hydrogen-bond donors (Lipinski definition) is 1. The van der Waals surface area contributed by atoms with Gasteiger partial charge in [0.2, 0.25) is 0 Å². The monoisotopic (exact) mass is 127 g/mol. The minimum Gasteiger partial charge on any atom is -0.411 e. The minimum atomic E-state index is -0.273. The lowest BCUT2D eigenvalue weighted by Crippen LogP contribution is -1.96. The van der Waals surface area contributed by atoms with Crippen LogP contribution in [0.3, 0.4) is 0 Å². The Morgan fingerprint density at radius 1 is 1.67 bits per heavy atom. The Balaban J connectivity index is 2.73. The molecule has 0 aliphatic heterocycles. The molecule has 0 fully saturated rings. The van der Waals surface area contributed by atoms with Crippen molar-refractivity contribution in [2.45, 2.75) is 6.42 Å². The van der Waals surface area contributed by atoms with Crippen LogP contribution in [-0.4, -0.2) is 10.9 Å². The van der Waals surface area contributed by atoms with Gasteiger partial charge in [0.15, 0.2) is 0 Å². The molecule has 0 saturated heterocycles. The fourth-order valence-corrected chi connectivity index (χ4v) is 0.623. The first-order valence-electron chi connectivity index (χ1n) is 2.56. The van der Waals surface area contributed by atoms with Gasteiger partial charge in [0.05, 0.1) is 5.71 Å². The molecule has 48 valence electrons. The number of allylic oxidation sites excluding steroid dienone is 4. The molecule has 9 heavy (non-hydrogen) atoms. The molecule has 0 spiro atoms. The normalized spacial score (nSPS) is 22.3. The van der Waals surface area contributed by atoms with E-state index in [9.17, 15) is 4.39 Å². The maximum Gasteiger partial charge on any atom is 0.106 e. The number of nitrogens with zero attached hydrogens (tertiary/aromatic N) is 1. The molecule has 0 bridgehead atoms. The number of rotatable bonds is 0. The van der Waals surface area contributed by atoms with Crippen LogP contribution in [0.4, 0.5) is 4.39 Å². The lowest BCUT2D eigenvalue weighted by molar-refractivity contribution is 0.318. The van der Waals surface area contributed by atoms with Crippen molar-refractivity contribution in [2.24, 2.45) is 5.16 Å². The van der Waals surface area contributed by atoms with Crippen molar-refractivity contribution < 1.29 is 9.60 Å². The fraction of sp³-hybridized carbons (Fsp3) is 0.167. The van der Waals surface area contributed by atoms with Crippen LogP contribution >= 0.6 is 0 Å². The topological polar surface area (TPSA) is 32.6 Å². The highest BCUT2D eigenvalue weighted by molar-refractivity contribution is 5.97. The molecule has 0 unspecified atom stereocenters. The second-order valence-corrected chi connectivity index (χ2v) is 1.74. The van der Waals surface area contributed by atoms with Crippen molar-refractivity contribution in [3.8, 4) is 0 Å². The van der Waals surface area contributed by atoms with Gasteiger partial charge < -0.3 is 5.21 Å². The lowest BCUT2D eigenvalue weighted by Gasteiger charge is -1.98. The molecule has 0 atom stereocenters. The molecule has 0 aromatic rings. The van der Waals surface area contributed by atoms with Gasteiger partial charge in [-0.05, 0) is 12.2 Å². The van der Waals surface area contributed by atoms with Gasteiger partial charge in [-0.2, -0.15) is 0 Å². The molecular weight excluding hydrogens is 121 g/mol. The summed E-state index contributed by atoms with van der Waals surface area (Å²) in [4.78, 5) is 0. The Morgan fingerprint density at radius 2 is 2.44 bits per heavy atom. The molecule has 0 amide bonds. The van der Waals surface area contributed by atoms with E-state index in [0.29, 0.717) is 5.71 Å². The Labute approximate surface area is 52.0 Å². The second kappa shape index (κ2) is 2.44. The Morgan fingerprint density at radius 3 is 2.89 bits per heavy atom. The molecule has 1 N–H and O–H groups in total. The zero-order valence-electron chi connectivity index (χ0n) is 4.71. The fourth-order valence-electron chi connectivity index (χ4n) is 0.623. The van der Waals surface area contributed by atoms with Gasteiger partial charge in [-0.3, -0.25) is 0 Å². The molecule has 1 aliphatic carbocycles. The zero-order chi connectivity index (χ0) is 6.69. The van der Waals surface area contributed by atoms with Gasteiger partial charge >= 0.3 is 0 Å². The third-order valence-electron chi connectivity index (χ3n) is 1.04. The van der Waals surface area contributed by atoms with Crippen LogP contribution in [0.25, 0.3) is 0 Å². The molecule has 2 nitrogen and oxygen atoms in total. The first-order valence-corrected chi connectivity index (χ1v) is 2.56. The molecular formula is C6H6FNO. The van der Waals surface area contributed by atoms with Crippen molar-refractivity contribution in [1.29, 1.82) is 0 Å². The summed E-state index contributed by atoms with van der Waals surface area (Å²) in [5.41, 5.74) is 0.356. The molecule has 1 rings (SSSR count). The quantitative estimate of drug-likeness (QED) is 0.389. The first-order chi connectivity index (χ1) is 4.33. The van der Waals surface area contributed by atoms with E-state index < -0.39 is 0 Å². The average molecular weight is 127 g/mol. The number of halogens is 1. The molecule has 3 heteroatoms. The van der Waals surface area contributed by atoms with E-state index in [2.05, 4.69) is 5.16 Å². The second-order valence-electron chi connectivity index (χ2n) is 1.74. The van der Waals surface area contributed by atoms with Gasteiger partial charge in [0, 0.05) is 6.42 Å². The van der Waals surface area contributed by atoms with Gasteiger partial charge in [0.1, 0.15) is 5.83 Å². The average Bonchev–Trinajstić information content (AvgIpc) is 1.88. The van der Waals surface area contributed by atoms with E-state index in [1.54, 1.807) is 6.08 Å². The zero-order valence-corrected chi connectivity index (χ0v) is 4.71. The van der Waals surface area contributed by atoms with Gasteiger partial charge in [-0.25, -0.2) is 4.39 Å². The van der Waals surface area contributed by atoms with E-state index in [1.807, 2.05) is 0 Å². The van der Waals surface area contributed by atoms with Crippen molar-refractivity contribution in [3.05, 3.63) is 24.1 Å². The Kier molecular flexibility index (Phi) is 1.63. The van der Waals surface area contributed by atoms with Crippen LogP contribution in [0.2, 0.25) is 0 Å². The SMILES string of the molecule is ON=C1C=CC=C(F)C1. The number of oxime groups is 1. The van der Waals surface area contributed by atoms with Crippen LogP contribution in [0.1, 0.15) is 6.42 Å². The summed E-state index contributed by atoms with van der Waals surface area (Å²) in [7, 11) is 0. The summed E-state index contributed by atoms with van der Waals surface area (Å²) in [6.07, 6.45) is 4.51. The third kappa shape index (κ3) is 1.38. The summed E-state index contributed by atoms with van der Waals surface area (Å²) < 4.78 is 12.2. The summed E-state index contributed by atoms with van der Waals surface area (Å²) in [6, 6.07) is 0. The standard InChI is InChI=1S/C6H6FNO/c7-5-2-1-3-6(4-5)8-9/h1-3,9H,4H2. The largest absolute Gasteiger partial charge is 0.411 e. The molecule has 0 saturated carbocycles. The lowest BCUT2D eigenvalue weighted by atomic mass is 10.1. The van der Waals surface area contributed by atoms with Gasteiger partial charge in [-0.15, -0.1) is 0 Å². The summed E-state index contributed by atoms with van der Waals surface area (Å²) in [5, 5.41) is 11.0. The Hall–Kier alpha value is -1.12. The highest BCUT2D eigenvalue weighted by Gasteiger charge is 2.03. The number of hydrogen-bond acceptors (Lipinski definition) is 2. The summed E-state index contributed by atoms with van der Waals surface area (Å²) in [6.45, 7) is 0. The maximum atomic E-state index is 12.2. The van der Waals surface area contributed by atoms with Crippen molar-refractivity contribution in [2.75, 3.05) is 0 Å². The van der Waals surface area contributed by atoms with E-state index in [4.69, 9.17) is 5.21 Å².